The molecule has 5 saturated carbocycles. The topological polar surface area (TPSA) is 102 Å². The van der Waals surface area contributed by atoms with Crippen LogP contribution in [0, 0.1) is 35.5 Å². The van der Waals surface area contributed by atoms with Crippen molar-refractivity contribution >= 4 is 23.6 Å². The molecule has 2 saturated heterocycles. The summed E-state index contributed by atoms with van der Waals surface area (Å²) in [5, 5.41) is 0. The molecule has 0 aromatic heterocycles. The quantitative estimate of drug-likeness (QED) is 0.365. The average Bonchev–Trinajstić information content (AvgIpc) is 3.44. The Balaban J connectivity index is 0.858. The lowest BCUT2D eigenvalue weighted by Gasteiger charge is -2.40. The Bertz CT molecular complexity index is 1090. The van der Waals surface area contributed by atoms with Crippen LogP contribution in [0.3, 0.4) is 0 Å². The SMILES string of the molecule is COC1CCCC(OC2CCC(C3CCC(OC4CCCC(N5C(=O)C6CC7C(=O)N(C)C(=O)C7CC6C5=O)C4)CC3)CC2)C1. The molecule has 2 heterocycles. The number of fused-ring (bicyclic) bond motifs is 2. The first-order chi connectivity index (χ1) is 21.8. The molecule has 0 N–H and O–H groups in total. The lowest BCUT2D eigenvalue weighted by Crippen LogP contribution is -2.45. The number of methoxy groups -OCH3 is 1. The Morgan fingerprint density at radius 3 is 1.44 bits per heavy atom. The monoisotopic (exact) mass is 626 g/mol. The highest BCUT2D eigenvalue weighted by molar-refractivity contribution is 6.09. The predicted octanol–water partition coefficient (Wildman–Crippen LogP) is 5.03. The minimum Gasteiger partial charge on any atom is -0.381 e. The Hall–Kier alpha value is -1.84. The summed E-state index contributed by atoms with van der Waals surface area (Å²) in [6.07, 6.45) is 19.9. The van der Waals surface area contributed by atoms with Gasteiger partial charge < -0.3 is 14.2 Å². The molecule has 0 bridgehead atoms. The van der Waals surface area contributed by atoms with Gasteiger partial charge in [0.1, 0.15) is 0 Å². The van der Waals surface area contributed by atoms with E-state index in [1.54, 1.807) is 0 Å². The van der Waals surface area contributed by atoms with E-state index >= 15 is 0 Å². The van der Waals surface area contributed by atoms with E-state index in [0.29, 0.717) is 37.6 Å². The minimum absolute atomic E-state index is 0.0785. The zero-order valence-corrected chi connectivity index (χ0v) is 27.4. The fourth-order valence-electron chi connectivity index (χ4n) is 10.6. The summed E-state index contributed by atoms with van der Waals surface area (Å²) in [7, 11) is 3.34. The van der Waals surface area contributed by atoms with E-state index in [2.05, 4.69) is 0 Å². The molecule has 7 fully saturated rings. The maximum Gasteiger partial charge on any atom is 0.233 e. The first kappa shape index (κ1) is 31.7. The molecule has 2 aliphatic heterocycles. The van der Waals surface area contributed by atoms with Crippen LogP contribution in [0.2, 0.25) is 0 Å². The number of rotatable bonds is 7. The first-order valence-electron chi connectivity index (χ1n) is 18.3. The van der Waals surface area contributed by atoms with Gasteiger partial charge in [0.15, 0.2) is 0 Å². The fraction of sp³-hybridized carbons (Fsp3) is 0.889. The summed E-state index contributed by atoms with van der Waals surface area (Å²) in [4.78, 5) is 55.1. The number of amides is 4. The maximum absolute atomic E-state index is 13.6. The van der Waals surface area contributed by atoms with Crippen molar-refractivity contribution in [2.24, 2.45) is 35.5 Å². The molecule has 0 spiro atoms. The summed E-state index contributed by atoms with van der Waals surface area (Å²) >= 11 is 0. The fourth-order valence-corrected chi connectivity index (χ4v) is 10.6. The van der Waals surface area contributed by atoms with Gasteiger partial charge in [-0.25, -0.2) is 0 Å². The zero-order valence-electron chi connectivity index (χ0n) is 27.4. The normalized spacial score (nSPS) is 44.3. The number of imide groups is 2. The van der Waals surface area contributed by atoms with Gasteiger partial charge in [-0.1, -0.05) is 0 Å². The molecular weight excluding hydrogens is 572 g/mol. The van der Waals surface area contributed by atoms with Crippen LogP contribution < -0.4 is 0 Å². The van der Waals surface area contributed by atoms with Crippen molar-refractivity contribution in [2.45, 2.75) is 152 Å². The smallest absolute Gasteiger partial charge is 0.233 e. The van der Waals surface area contributed by atoms with E-state index in [-0.39, 0.29) is 41.9 Å². The van der Waals surface area contributed by atoms with Crippen molar-refractivity contribution in [3.8, 4) is 0 Å². The lowest BCUT2D eigenvalue weighted by atomic mass is 9.70. The molecule has 45 heavy (non-hydrogen) atoms. The van der Waals surface area contributed by atoms with Crippen molar-refractivity contribution in [1.29, 1.82) is 0 Å². The standard InChI is InChI=1S/C36H54N2O7/c1-37-33(39)29-19-31-32(20-30(29)34(37)40)36(42)38(35(31)41)23-5-3-7-27(17-23)44-24-13-9-21(10-14-24)22-11-15-25(16-12-22)45-28-8-4-6-26(18-28)43-2/h21-32H,3-20H2,1-2H3. The highest BCUT2D eigenvalue weighted by Crippen LogP contribution is 2.49. The summed E-state index contributed by atoms with van der Waals surface area (Å²) in [5.74, 6) is -0.862. The molecule has 0 radical (unpaired) electrons. The van der Waals surface area contributed by atoms with E-state index in [0.717, 1.165) is 50.4 Å². The summed E-state index contributed by atoms with van der Waals surface area (Å²) < 4.78 is 18.8. The van der Waals surface area contributed by atoms with Gasteiger partial charge in [-0.15, -0.1) is 0 Å². The molecule has 0 aromatic rings. The molecule has 9 nitrogen and oxygen atoms in total. The second kappa shape index (κ2) is 13.3. The van der Waals surface area contributed by atoms with Crippen LogP contribution in [0.25, 0.3) is 0 Å². The second-order valence-electron chi connectivity index (χ2n) is 15.6. The number of ether oxygens (including phenoxy) is 3. The van der Waals surface area contributed by atoms with E-state index < -0.39 is 23.7 Å². The number of likely N-dealkylation sites (tertiary alicyclic amines) is 2. The van der Waals surface area contributed by atoms with Crippen LogP contribution in [0.1, 0.15) is 116 Å². The third-order valence-electron chi connectivity index (χ3n) is 13.1. The van der Waals surface area contributed by atoms with Crippen LogP contribution in [0.5, 0.6) is 0 Å². The van der Waals surface area contributed by atoms with Gasteiger partial charge >= 0.3 is 0 Å². The molecule has 250 valence electrons. The van der Waals surface area contributed by atoms with Gasteiger partial charge in [0.2, 0.25) is 23.6 Å². The highest BCUT2D eigenvalue weighted by Gasteiger charge is 2.60. The van der Waals surface area contributed by atoms with Gasteiger partial charge in [-0.05, 0) is 127 Å². The van der Waals surface area contributed by atoms with Gasteiger partial charge in [-0.2, -0.15) is 0 Å². The molecule has 9 heteroatoms. The number of hydrogen-bond acceptors (Lipinski definition) is 7. The Morgan fingerprint density at radius 1 is 0.489 bits per heavy atom. The lowest BCUT2D eigenvalue weighted by molar-refractivity contribution is -0.145. The molecule has 5 aliphatic carbocycles. The van der Waals surface area contributed by atoms with Gasteiger partial charge in [0.25, 0.3) is 0 Å². The van der Waals surface area contributed by atoms with Crippen LogP contribution in [0.4, 0.5) is 0 Å². The predicted molar refractivity (Wildman–Crippen MR) is 166 cm³/mol. The Morgan fingerprint density at radius 2 is 0.933 bits per heavy atom. The molecule has 7 rings (SSSR count). The molecule has 0 aromatic carbocycles. The van der Waals surface area contributed by atoms with E-state index in [9.17, 15) is 19.2 Å². The van der Waals surface area contributed by atoms with E-state index in [1.807, 2.05) is 7.11 Å². The number of carbonyl (C=O) groups excluding carboxylic acids is 4. The van der Waals surface area contributed by atoms with Crippen LogP contribution in [-0.2, 0) is 33.4 Å². The average molecular weight is 627 g/mol. The third-order valence-corrected chi connectivity index (χ3v) is 13.1. The molecule has 8 unspecified atom stereocenters. The van der Waals surface area contributed by atoms with E-state index in [1.165, 1.54) is 74.6 Å². The summed E-state index contributed by atoms with van der Waals surface area (Å²) in [6.45, 7) is 0. The number of nitrogens with zero attached hydrogens (tertiary/aromatic N) is 2. The van der Waals surface area contributed by atoms with Gasteiger partial charge in [0, 0.05) is 20.2 Å². The Kier molecular flexibility index (Phi) is 9.41. The third kappa shape index (κ3) is 6.27. The molecular formula is C36H54N2O7. The summed E-state index contributed by atoms with van der Waals surface area (Å²) in [6, 6.07) is -0.133. The first-order valence-corrected chi connectivity index (χ1v) is 18.3. The van der Waals surface area contributed by atoms with Crippen molar-refractivity contribution in [3.63, 3.8) is 0 Å². The van der Waals surface area contributed by atoms with Crippen molar-refractivity contribution in [1.82, 2.24) is 9.80 Å². The van der Waals surface area contributed by atoms with Crippen LogP contribution in [-0.4, -0.2) is 84.1 Å². The second-order valence-corrected chi connectivity index (χ2v) is 15.6. The van der Waals surface area contributed by atoms with Crippen LogP contribution >= 0.6 is 0 Å². The van der Waals surface area contributed by atoms with Gasteiger partial charge in [-0.3, -0.25) is 29.0 Å². The minimum atomic E-state index is -0.463. The van der Waals surface area contributed by atoms with E-state index in [4.69, 9.17) is 14.2 Å². The zero-order chi connectivity index (χ0) is 31.2. The van der Waals surface area contributed by atoms with Crippen molar-refractivity contribution in [3.05, 3.63) is 0 Å². The highest BCUT2D eigenvalue weighted by atomic mass is 16.5. The number of carbonyl (C=O) groups is 4. The Labute approximate surface area is 268 Å². The van der Waals surface area contributed by atoms with Crippen LogP contribution in [0.15, 0.2) is 0 Å². The summed E-state index contributed by atoms with van der Waals surface area (Å²) in [5.41, 5.74) is 0. The molecule has 4 amide bonds. The molecule has 7 aliphatic rings. The number of hydrogen-bond donors (Lipinski definition) is 0. The molecule has 8 atom stereocenters. The van der Waals surface area contributed by atoms with Crippen molar-refractivity contribution in [2.75, 3.05) is 14.2 Å². The maximum atomic E-state index is 13.6. The van der Waals surface area contributed by atoms with Crippen molar-refractivity contribution < 1.29 is 33.4 Å². The van der Waals surface area contributed by atoms with Gasteiger partial charge in [0.05, 0.1) is 54.2 Å². The largest absolute Gasteiger partial charge is 0.381 e.